The van der Waals surface area contributed by atoms with Gasteiger partial charge >= 0.3 is 6.03 Å². The molecule has 0 saturated carbocycles. The van der Waals surface area contributed by atoms with Crippen LogP contribution in [-0.4, -0.2) is 30.8 Å². The van der Waals surface area contributed by atoms with E-state index in [2.05, 4.69) is 15.6 Å². The summed E-state index contributed by atoms with van der Waals surface area (Å²) in [5.74, 6) is 0. The largest absolute Gasteiger partial charge is 0.382 e. The number of carbonyl (C=O) groups is 1. The maximum atomic E-state index is 11.2. The molecule has 0 aliphatic carbocycles. The quantitative estimate of drug-likeness (QED) is 0.730. The highest BCUT2D eigenvalue weighted by Gasteiger charge is 2.01. The predicted molar refractivity (Wildman–Crippen MR) is 60.2 cm³/mol. The van der Waals surface area contributed by atoms with E-state index in [4.69, 9.17) is 4.74 Å². The van der Waals surface area contributed by atoms with Crippen LogP contribution in [0.15, 0.2) is 11.6 Å². The third-order valence-electron chi connectivity index (χ3n) is 1.61. The minimum absolute atomic E-state index is 0.221. The number of anilines is 1. The van der Waals surface area contributed by atoms with E-state index in [0.717, 1.165) is 6.42 Å². The number of hydrogen-bond donors (Lipinski definition) is 2. The molecule has 0 aliphatic heterocycles. The van der Waals surface area contributed by atoms with Gasteiger partial charge in [-0.1, -0.05) is 0 Å². The molecular formula is C9H15N3O2S. The Balaban J connectivity index is 2.04. The first kappa shape index (κ1) is 11.9. The normalized spacial score (nSPS) is 9.93. The molecule has 0 aromatic carbocycles. The van der Waals surface area contributed by atoms with Crippen LogP contribution in [0, 0.1) is 0 Å². The minimum Gasteiger partial charge on any atom is -0.382 e. The summed E-state index contributed by atoms with van der Waals surface area (Å²) in [4.78, 5) is 15.2. The maximum Gasteiger partial charge on any atom is 0.321 e. The second-order valence-electron chi connectivity index (χ2n) is 2.77. The van der Waals surface area contributed by atoms with Crippen LogP contribution in [0.25, 0.3) is 0 Å². The lowest BCUT2D eigenvalue weighted by molar-refractivity contribution is 0.145. The van der Waals surface area contributed by atoms with E-state index >= 15 is 0 Å². The van der Waals surface area contributed by atoms with Crippen LogP contribution in [-0.2, 0) is 4.74 Å². The van der Waals surface area contributed by atoms with Crippen LogP contribution in [0.1, 0.15) is 13.3 Å². The molecule has 0 saturated heterocycles. The molecule has 5 nitrogen and oxygen atoms in total. The van der Waals surface area contributed by atoms with E-state index < -0.39 is 0 Å². The maximum absolute atomic E-state index is 11.2. The van der Waals surface area contributed by atoms with Gasteiger partial charge in [-0.2, -0.15) is 0 Å². The van der Waals surface area contributed by atoms with Crippen molar-refractivity contribution >= 4 is 22.5 Å². The lowest BCUT2D eigenvalue weighted by atomic mass is 10.4. The van der Waals surface area contributed by atoms with Crippen molar-refractivity contribution in [2.45, 2.75) is 13.3 Å². The zero-order valence-corrected chi connectivity index (χ0v) is 9.47. The number of carbonyl (C=O) groups excluding carboxylic acids is 1. The third kappa shape index (κ3) is 5.34. The number of hydrogen-bond acceptors (Lipinski definition) is 4. The molecule has 0 aliphatic rings. The van der Waals surface area contributed by atoms with Crippen molar-refractivity contribution in [3.63, 3.8) is 0 Å². The summed E-state index contributed by atoms with van der Waals surface area (Å²) in [5, 5.41) is 7.76. The number of thiazole rings is 1. The van der Waals surface area contributed by atoms with Gasteiger partial charge in [0, 0.05) is 31.3 Å². The van der Waals surface area contributed by atoms with Crippen LogP contribution < -0.4 is 10.6 Å². The molecule has 0 fully saturated rings. The van der Waals surface area contributed by atoms with Crippen LogP contribution in [0.5, 0.6) is 0 Å². The molecule has 1 rings (SSSR count). The molecule has 0 unspecified atom stereocenters. The molecule has 84 valence electrons. The Morgan fingerprint density at radius 3 is 3.20 bits per heavy atom. The Kier molecular flexibility index (Phi) is 5.72. The van der Waals surface area contributed by atoms with Gasteiger partial charge in [-0.25, -0.2) is 9.78 Å². The highest BCUT2D eigenvalue weighted by atomic mass is 32.1. The molecule has 2 N–H and O–H groups in total. The van der Waals surface area contributed by atoms with Crippen molar-refractivity contribution in [1.29, 1.82) is 0 Å². The predicted octanol–water partition coefficient (Wildman–Crippen LogP) is 1.69. The van der Waals surface area contributed by atoms with Gasteiger partial charge in [-0.3, -0.25) is 5.32 Å². The number of nitrogens with zero attached hydrogens (tertiary/aromatic N) is 1. The first-order valence-corrected chi connectivity index (χ1v) is 5.73. The molecule has 1 heterocycles. The lowest BCUT2D eigenvalue weighted by Crippen LogP contribution is -2.30. The zero-order valence-electron chi connectivity index (χ0n) is 8.66. The minimum atomic E-state index is -0.221. The van der Waals surface area contributed by atoms with Gasteiger partial charge in [-0.05, 0) is 13.3 Å². The number of amides is 2. The fourth-order valence-corrected chi connectivity index (χ4v) is 1.47. The van der Waals surface area contributed by atoms with Crippen LogP contribution in [0.4, 0.5) is 9.93 Å². The fourth-order valence-electron chi connectivity index (χ4n) is 0.947. The summed E-state index contributed by atoms with van der Waals surface area (Å²) < 4.78 is 5.14. The zero-order chi connectivity index (χ0) is 10.9. The van der Waals surface area contributed by atoms with E-state index in [-0.39, 0.29) is 6.03 Å². The summed E-state index contributed by atoms with van der Waals surface area (Å²) in [5.41, 5.74) is 0. The van der Waals surface area contributed by atoms with E-state index in [0.29, 0.717) is 24.9 Å². The van der Waals surface area contributed by atoms with Gasteiger partial charge in [0.15, 0.2) is 5.13 Å². The standard InChI is InChI=1S/C9H15N3O2S/c1-2-14-6-3-4-10-8(13)12-9-11-5-7-15-9/h5,7H,2-4,6H2,1H3,(H2,10,11,12,13). The summed E-state index contributed by atoms with van der Waals surface area (Å²) in [6.45, 7) is 3.94. The van der Waals surface area contributed by atoms with Crippen molar-refractivity contribution in [2.24, 2.45) is 0 Å². The topological polar surface area (TPSA) is 63.2 Å². The second kappa shape index (κ2) is 7.19. The second-order valence-corrected chi connectivity index (χ2v) is 3.66. The fraction of sp³-hybridized carbons (Fsp3) is 0.556. The summed E-state index contributed by atoms with van der Waals surface area (Å²) in [6, 6.07) is -0.221. The number of ether oxygens (including phenoxy) is 1. The Labute approximate surface area is 92.9 Å². The molecule has 0 bridgehead atoms. The Morgan fingerprint density at radius 2 is 2.53 bits per heavy atom. The molecule has 1 aromatic rings. The highest BCUT2D eigenvalue weighted by Crippen LogP contribution is 2.09. The van der Waals surface area contributed by atoms with Gasteiger partial charge in [0.25, 0.3) is 0 Å². The van der Waals surface area contributed by atoms with Gasteiger partial charge in [0.1, 0.15) is 0 Å². The van der Waals surface area contributed by atoms with Crippen molar-refractivity contribution < 1.29 is 9.53 Å². The summed E-state index contributed by atoms with van der Waals surface area (Å²) in [7, 11) is 0. The first-order valence-electron chi connectivity index (χ1n) is 4.85. The molecule has 6 heteroatoms. The third-order valence-corrected chi connectivity index (χ3v) is 2.30. The molecule has 0 spiro atoms. The van der Waals surface area contributed by atoms with Crippen LogP contribution >= 0.6 is 11.3 Å². The SMILES string of the molecule is CCOCCCNC(=O)Nc1nccs1. The van der Waals surface area contributed by atoms with Gasteiger partial charge in [0.2, 0.25) is 0 Å². The molecule has 2 amide bonds. The highest BCUT2D eigenvalue weighted by molar-refractivity contribution is 7.13. The number of urea groups is 1. The van der Waals surface area contributed by atoms with E-state index in [1.165, 1.54) is 11.3 Å². The Bertz CT molecular complexity index is 277. The van der Waals surface area contributed by atoms with Gasteiger partial charge in [-0.15, -0.1) is 11.3 Å². The summed E-state index contributed by atoms with van der Waals surface area (Å²) >= 11 is 1.39. The van der Waals surface area contributed by atoms with Gasteiger partial charge < -0.3 is 10.1 Å². The number of aromatic nitrogens is 1. The van der Waals surface area contributed by atoms with Crippen LogP contribution in [0.2, 0.25) is 0 Å². The smallest absolute Gasteiger partial charge is 0.321 e. The number of rotatable bonds is 6. The lowest BCUT2D eigenvalue weighted by Gasteiger charge is -2.04. The monoisotopic (exact) mass is 229 g/mol. The molecule has 0 radical (unpaired) electrons. The molecule has 15 heavy (non-hydrogen) atoms. The van der Waals surface area contributed by atoms with Crippen LogP contribution in [0.3, 0.4) is 0 Å². The average Bonchev–Trinajstić information content (AvgIpc) is 2.70. The molecular weight excluding hydrogens is 214 g/mol. The number of nitrogens with one attached hydrogen (secondary N) is 2. The van der Waals surface area contributed by atoms with Gasteiger partial charge in [0.05, 0.1) is 0 Å². The Morgan fingerprint density at radius 1 is 1.67 bits per heavy atom. The molecule has 0 atom stereocenters. The first-order chi connectivity index (χ1) is 7.33. The average molecular weight is 229 g/mol. The van der Waals surface area contributed by atoms with E-state index in [9.17, 15) is 4.79 Å². The van der Waals surface area contributed by atoms with E-state index in [1.54, 1.807) is 6.20 Å². The van der Waals surface area contributed by atoms with Crippen molar-refractivity contribution in [1.82, 2.24) is 10.3 Å². The van der Waals surface area contributed by atoms with Crippen molar-refractivity contribution in [3.05, 3.63) is 11.6 Å². The Hall–Kier alpha value is -1.14. The van der Waals surface area contributed by atoms with E-state index in [1.807, 2.05) is 12.3 Å². The van der Waals surface area contributed by atoms with Crippen molar-refractivity contribution in [3.8, 4) is 0 Å². The molecule has 1 aromatic heterocycles. The summed E-state index contributed by atoms with van der Waals surface area (Å²) in [6.07, 6.45) is 2.47. The van der Waals surface area contributed by atoms with Crippen molar-refractivity contribution in [2.75, 3.05) is 25.1 Å².